The zero-order valence-electron chi connectivity index (χ0n) is 12.2. The molecule has 0 radical (unpaired) electrons. The molecule has 2 aromatic carbocycles. The minimum atomic E-state index is -0.265. The molecule has 1 N–H and O–H groups in total. The molecule has 1 amide bonds. The quantitative estimate of drug-likeness (QED) is 0.806. The van der Waals surface area contributed by atoms with Gasteiger partial charge in [0.15, 0.2) is 0 Å². The Morgan fingerprint density at radius 2 is 1.73 bits per heavy atom. The van der Waals surface area contributed by atoms with E-state index in [0.717, 1.165) is 10.9 Å². The third-order valence-electron chi connectivity index (χ3n) is 3.66. The number of carbonyl (C=O) groups is 1. The van der Waals surface area contributed by atoms with E-state index < -0.39 is 0 Å². The van der Waals surface area contributed by atoms with E-state index >= 15 is 0 Å². The van der Waals surface area contributed by atoms with Crippen LogP contribution in [0.5, 0.6) is 0 Å². The average molecular weight is 292 g/mol. The van der Waals surface area contributed by atoms with Crippen LogP contribution in [0.4, 0.5) is 0 Å². The van der Waals surface area contributed by atoms with E-state index in [-0.39, 0.29) is 11.5 Å². The van der Waals surface area contributed by atoms with Crippen LogP contribution in [0.1, 0.15) is 16.1 Å². The first-order chi connectivity index (χ1) is 10.7. The van der Waals surface area contributed by atoms with Gasteiger partial charge in [-0.3, -0.25) is 14.2 Å². The highest BCUT2D eigenvalue weighted by molar-refractivity contribution is 5.96. The van der Waals surface area contributed by atoms with Crippen molar-refractivity contribution in [1.82, 2.24) is 9.88 Å². The van der Waals surface area contributed by atoms with Crippen molar-refractivity contribution >= 4 is 16.7 Å². The Labute approximate surface area is 128 Å². The van der Waals surface area contributed by atoms with Gasteiger partial charge in [0, 0.05) is 12.4 Å². The number of aromatic nitrogens is 1. The zero-order valence-corrected chi connectivity index (χ0v) is 12.2. The van der Waals surface area contributed by atoms with Crippen molar-refractivity contribution in [3.63, 3.8) is 0 Å². The maximum Gasteiger partial charge on any atom is 0.267 e. The molecular formula is C18H16N2O2. The summed E-state index contributed by atoms with van der Waals surface area (Å²) in [4.78, 5) is 24.9. The van der Waals surface area contributed by atoms with Crippen LogP contribution in [0.2, 0.25) is 0 Å². The fraction of sp³-hybridized carbons (Fsp3) is 0.111. The number of carbonyl (C=O) groups excluding carboxylic acids is 1. The molecular weight excluding hydrogens is 276 g/mol. The number of nitrogens with one attached hydrogen (secondary N) is 1. The van der Waals surface area contributed by atoms with E-state index in [1.807, 2.05) is 48.5 Å². The largest absolute Gasteiger partial charge is 0.354 e. The van der Waals surface area contributed by atoms with Crippen molar-refractivity contribution < 1.29 is 4.79 Å². The molecule has 0 saturated heterocycles. The molecule has 0 bridgehead atoms. The fourth-order valence-electron chi connectivity index (χ4n) is 2.54. The maximum atomic E-state index is 12.8. The van der Waals surface area contributed by atoms with Gasteiger partial charge in [0.05, 0.1) is 6.54 Å². The lowest BCUT2D eigenvalue weighted by Gasteiger charge is -2.13. The summed E-state index contributed by atoms with van der Waals surface area (Å²) >= 11 is 0. The van der Waals surface area contributed by atoms with Crippen LogP contribution in [0, 0.1) is 0 Å². The number of hydrogen-bond acceptors (Lipinski definition) is 2. The molecule has 3 aromatic rings. The van der Waals surface area contributed by atoms with E-state index in [1.54, 1.807) is 19.2 Å². The van der Waals surface area contributed by atoms with Gasteiger partial charge in [-0.1, -0.05) is 48.5 Å². The van der Waals surface area contributed by atoms with Gasteiger partial charge in [0.25, 0.3) is 11.5 Å². The molecule has 4 heteroatoms. The van der Waals surface area contributed by atoms with Gasteiger partial charge in [0.1, 0.15) is 5.69 Å². The average Bonchev–Trinajstić information content (AvgIpc) is 2.57. The van der Waals surface area contributed by atoms with E-state index in [2.05, 4.69) is 5.32 Å². The summed E-state index contributed by atoms with van der Waals surface area (Å²) in [5.41, 5.74) is 1.20. The predicted octanol–water partition coefficient (Wildman–Crippen LogP) is 2.41. The molecule has 0 aliphatic carbocycles. The van der Waals surface area contributed by atoms with Gasteiger partial charge >= 0.3 is 0 Å². The van der Waals surface area contributed by atoms with Gasteiger partial charge in [-0.15, -0.1) is 0 Å². The van der Waals surface area contributed by atoms with E-state index in [1.165, 1.54) is 4.57 Å². The summed E-state index contributed by atoms with van der Waals surface area (Å²) in [5, 5.41) is 3.99. The Morgan fingerprint density at radius 3 is 2.45 bits per heavy atom. The molecule has 0 aliphatic rings. The third-order valence-corrected chi connectivity index (χ3v) is 3.66. The summed E-state index contributed by atoms with van der Waals surface area (Å²) in [5.74, 6) is -0.265. The molecule has 4 nitrogen and oxygen atoms in total. The molecule has 0 aliphatic heterocycles. The lowest BCUT2D eigenvalue weighted by atomic mass is 10.1. The van der Waals surface area contributed by atoms with Crippen LogP contribution in [0.15, 0.2) is 65.5 Å². The Balaban J connectivity index is 2.23. The van der Waals surface area contributed by atoms with Crippen molar-refractivity contribution in [1.29, 1.82) is 0 Å². The molecule has 1 aromatic heterocycles. The lowest BCUT2D eigenvalue weighted by molar-refractivity contribution is 0.0953. The number of benzene rings is 2. The summed E-state index contributed by atoms with van der Waals surface area (Å²) in [6.07, 6.45) is 0. The van der Waals surface area contributed by atoms with Crippen molar-refractivity contribution in [3.8, 4) is 0 Å². The Bertz CT molecular complexity index is 882. The molecule has 0 atom stereocenters. The molecule has 1 heterocycles. The topological polar surface area (TPSA) is 51.1 Å². The van der Waals surface area contributed by atoms with Crippen molar-refractivity contribution in [3.05, 3.63) is 82.3 Å². The first-order valence-corrected chi connectivity index (χ1v) is 7.09. The number of nitrogens with zero attached hydrogens (tertiary/aromatic N) is 1. The van der Waals surface area contributed by atoms with Crippen LogP contribution in [-0.2, 0) is 6.54 Å². The van der Waals surface area contributed by atoms with Crippen molar-refractivity contribution in [2.75, 3.05) is 7.05 Å². The van der Waals surface area contributed by atoms with Gasteiger partial charge in [-0.2, -0.15) is 0 Å². The zero-order chi connectivity index (χ0) is 15.5. The minimum Gasteiger partial charge on any atom is -0.354 e. The summed E-state index contributed by atoms with van der Waals surface area (Å²) in [6.45, 7) is 0.368. The summed E-state index contributed by atoms with van der Waals surface area (Å²) < 4.78 is 1.52. The number of amides is 1. The lowest BCUT2D eigenvalue weighted by Crippen LogP contribution is -2.31. The first kappa shape index (κ1) is 14.1. The Kier molecular flexibility index (Phi) is 3.74. The maximum absolute atomic E-state index is 12.8. The first-order valence-electron chi connectivity index (χ1n) is 7.09. The third kappa shape index (κ3) is 2.51. The van der Waals surface area contributed by atoms with Gasteiger partial charge in [0.2, 0.25) is 0 Å². The van der Waals surface area contributed by atoms with Crippen molar-refractivity contribution in [2.45, 2.75) is 6.54 Å². The molecule has 3 rings (SSSR count). The highest BCUT2D eigenvalue weighted by Crippen LogP contribution is 2.13. The predicted molar refractivity (Wildman–Crippen MR) is 87.1 cm³/mol. The second kappa shape index (κ2) is 5.85. The number of rotatable bonds is 3. The molecule has 0 spiro atoms. The molecule has 0 saturated carbocycles. The highest BCUT2D eigenvalue weighted by atomic mass is 16.2. The smallest absolute Gasteiger partial charge is 0.267 e. The van der Waals surface area contributed by atoms with Crippen LogP contribution in [0.25, 0.3) is 10.8 Å². The highest BCUT2D eigenvalue weighted by Gasteiger charge is 2.14. The van der Waals surface area contributed by atoms with Crippen LogP contribution < -0.4 is 10.9 Å². The Hall–Kier alpha value is -2.88. The van der Waals surface area contributed by atoms with Crippen LogP contribution in [0.3, 0.4) is 0 Å². The second-order valence-corrected chi connectivity index (χ2v) is 5.07. The second-order valence-electron chi connectivity index (χ2n) is 5.07. The molecule has 0 unspecified atom stereocenters. The minimum absolute atomic E-state index is 0.152. The Morgan fingerprint density at radius 1 is 1.05 bits per heavy atom. The van der Waals surface area contributed by atoms with Crippen LogP contribution in [-0.4, -0.2) is 17.5 Å². The fourth-order valence-corrected chi connectivity index (χ4v) is 2.54. The number of pyridine rings is 1. The monoisotopic (exact) mass is 292 g/mol. The van der Waals surface area contributed by atoms with E-state index in [9.17, 15) is 9.59 Å². The molecule has 22 heavy (non-hydrogen) atoms. The SMILES string of the molecule is CNC(=O)c1cc2ccccc2c(=O)n1Cc1ccccc1. The normalized spacial score (nSPS) is 10.6. The van der Waals surface area contributed by atoms with Crippen LogP contribution >= 0.6 is 0 Å². The van der Waals surface area contributed by atoms with Gasteiger partial charge in [-0.25, -0.2) is 0 Å². The molecule has 110 valence electrons. The number of hydrogen-bond donors (Lipinski definition) is 1. The van der Waals surface area contributed by atoms with Crippen molar-refractivity contribution in [2.24, 2.45) is 0 Å². The van der Waals surface area contributed by atoms with E-state index in [4.69, 9.17) is 0 Å². The van der Waals surface area contributed by atoms with Gasteiger partial charge in [-0.05, 0) is 23.1 Å². The standard InChI is InChI=1S/C18H16N2O2/c1-19-17(21)16-11-14-9-5-6-10-15(14)18(22)20(16)12-13-7-3-2-4-8-13/h2-11H,12H2,1H3,(H,19,21). The summed E-state index contributed by atoms with van der Waals surface area (Å²) in [6, 6.07) is 18.7. The van der Waals surface area contributed by atoms with Gasteiger partial charge < -0.3 is 5.32 Å². The summed E-state index contributed by atoms with van der Waals surface area (Å²) in [7, 11) is 1.56. The van der Waals surface area contributed by atoms with E-state index in [0.29, 0.717) is 17.6 Å². The number of fused-ring (bicyclic) bond motifs is 1. The molecule has 0 fully saturated rings.